The van der Waals surface area contributed by atoms with Gasteiger partial charge in [0, 0.05) is 5.56 Å². The van der Waals surface area contributed by atoms with Gasteiger partial charge in [-0.05, 0) is 48.7 Å². The minimum Gasteiger partial charge on any atom is -0.490 e. The highest BCUT2D eigenvalue weighted by Gasteiger charge is 2.22. The maximum atomic E-state index is 14.7. The van der Waals surface area contributed by atoms with E-state index in [0.29, 0.717) is 12.7 Å². The van der Waals surface area contributed by atoms with Crippen molar-refractivity contribution in [2.75, 3.05) is 6.61 Å². The third kappa shape index (κ3) is 7.68. The average molecular weight is 545 g/mol. The van der Waals surface area contributed by atoms with Gasteiger partial charge in [0.1, 0.15) is 5.75 Å². The molecule has 0 aliphatic heterocycles. The molecule has 0 saturated heterocycles. The second kappa shape index (κ2) is 14.5. The van der Waals surface area contributed by atoms with E-state index in [2.05, 4.69) is 6.92 Å². The summed E-state index contributed by atoms with van der Waals surface area (Å²) in [6.07, 6.45) is 9.00. The molecule has 0 atom stereocenters. The normalized spacial score (nSPS) is 10.9. The lowest BCUT2D eigenvalue weighted by atomic mass is 10.0. The molecule has 0 heterocycles. The molecule has 0 aromatic heterocycles. The Labute approximate surface area is 226 Å². The lowest BCUT2D eigenvalue weighted by Crippen LogP contribution is -2.13. The fraction of sp³-hybridized carbons (Fsp3) is 0.355. The fourth-order valence-corrected chi connectivity index (χ4v) is 4.14. The van der Waals surface area contributed by atoms with E-state index in [1.807, 2.05) is 0 Å². The molecule has 0 aliphatic rings. The van der Waals surface area contributed by atoms with Gasteiger partial charge in [0.2, 0.25) is 5.82 Å². The minimum absolute atomic E-state index is 0.0882. The molecule has 0 bridgehead atoms. The van der Waals surface area contributed by atoms with E-state index in [9.17, 15) is 27.2 Å². The Morgan fingerprint density at radius 2 is 1.44 bits per heavy atom. The molecule has 0 unspecified atom stereocenters. The largest absolute Gasteiger partial charge is 0.490 e. The van der Waals surface area contributed by atoms with Gasteiger partial charge in [0.05, 0.1) is 17.7 Å². The van der Waals surface area contributed by atoms with Crippen molar-refractivity contribution >= 4 is 12.3 Å². The van der Waals surface area contributed by atoms with Crippen LogP contribution in [0, 0.1) is 30.2 Å². The molecular formula is C31H32F4O4. The molecule has 0 amide bonds. The minimum atomic E-state index is -1.44. The van der Waals surface area contributed by atoms with Crippen LogP contribution in [0.25, 0.3) is 11.1 Å². The van der Waals surface area contributed by atoms with Crippen molar-refractivity contribution in [2.45, 2.75) is 65.2 Å². The number of halogens is 4. The Kier molecular flexibility index (Phi) is 11.1. The van der Waals surface area contributed by atoms with E-state index in [0.717, 1.165) is 31.4 Å². The third-order valence-electron chi connectivity index (χ3n) is 6.45. The van der Waals surface area contributed by atoms with E-state index in [1.165, 1.54) is 62.9 Å². The zero-order chi connectivity index (χ0) is 28.4. The summed E-state index contributed by atoms with van der Waals surface area (Å²) < 4.78 is 68.1. The predicted octanol–water partition coefficient (Wildman–Crippen LogP) is 8.77. The molecule has 39 heavy (non-hydrogen) atoms. The highest BCUT2D eigenvalue weighted by atomic mass is 19.2. The number of ether oxygens (including phenoxy) is 2. The molecule has 0 saturated carbocycles. The van der Waals surface area contributed by atoms with Gasteiger partial charge >= 0.3 is 5.97 Å². The van der Waals surface area contributed by atoms with Crippen LogP contribution in [0.15, 0.2) is 42.5 Å². The molecule has 0 aliphatic carbocycles. The summed E-state index contributed by atoms with van der Waals surface area (Å²) in [5.41, 5.74) is -0.638. The maximum Gasteiger partial charge on any atom is 0.346 e. The SMILES string of the molecule is CCCCCCCCCCOc1ccc(C(=O)Oc2ccc(-c3ccc(C)c(F)c3F)cc2C=O)c(F)c1F. The van der Waals surface area contributed by atoms with E-state index in [4.69, 9.17) is 9.47 Å². The van der Waals surface area contributed by atoms with Crippen molar-refractivity contribution in [3.63, 3.8) is 0 Å². The highest BCUT2D eigenvalue weighted by Crippen LogP contribution is 2.31. The summed E-state index contributed by atoms with van der Waals surface area (Å²) in [4.78, 5) is 24.2. The summed E-state index contributed by atoms with van der Waals surface area (Å²) in [6.45, 7) is 3.80. The van der Waals surface area contributed by atoms with Crippen molar-refractivity contribution < 1.29 is 36.6 Å². The number of aldehydes is 1. The van der Waals surface area contributed by atoms with Crippen LogP contribution in [-0.4, -0.2) is 18.9 Å². The number of carbonyl (C=O) groups excluding carboxylic acids is 2. The van der Waals surface area contributed by atoms with Crippen molar-refractivity contribution in [1.29, 1.82) is 0 Å². The number of rotatable bonds is 14. The van der Waals surface area contributed by atoms with Crippen LogP contribution < -0.4 is 9.47 Å². The zero-order valence-electron chi connectivity index (χ0n) is 22.1. The van der Waals surface area contributed by atoms with E-state index in [1.54, 1.807) is 0 Å². The van der Waals surface area contributed by atoms with Gasteiger partial charge in [0.15, 0.2) is 29.5 Å². The fourth-order valence-electron chi connectivity index (χ4n) is 4.14. The van der Waals surface area contributed by atoms with Crippen molar-refractivity contribution in [2.24, 2.45) is 0 Å². The standard InChI is InChI=1S/C31H32F4O4/c1-3-4-5-6-7-8-9-10-17-38-26-16-14-24(29(34)30(26)35)31(37)39-25-15-12-21(18-22(25)19-36)23-13-11-20(2)27(32)28(23)33/h11-16,18-19H,3-10,17H2,1-2H3. The van der Waals surface area contributed by atoms with Crippen LogP contribution in [0.3, 0.4) is 0 Å². The van der Waals surface area contributed by atoms with Gasteiger partial charge in [-0.3, -0.25) is 4.79 Å². The van der Waals surface area contributed by atoms with Crippen LogP contribution in [0.2, 0.25) is 0 Å². The Hall–Kier alpha value is -3.68. The first-order valence-electron chi connectivity index (χ1n) is 13.2. The van der Waals surface area contributed by atoms with Crippen LogP contribution >= 0.6 is 0 Å². The van der Waals surface area contributed by atoms with E-state index in [-0.39, 0.29) is 40.4 Å². The van der Waals surface area contributed by atoms with Crippen molar-refractivity contribution in [1.82, 2.24) is 0 Å². The van der Waals surface area contributed by atoms with Crippen LogP contribution in [0.1, 0.15) is 84.6 Å². The molecule has 8 heteroatoms. The molecular weight excluding hydrogens is 512 g/mol. The van der Waals surface area contributed by atoms with Gasteiger partial charge in [-0.15, -0.1) is 0 Å². The van der Waals surface area contributed by atoms with Crippen LogP contribution in [0.4, 0.5) is 17.6 Å². The second-order valence-corrected chi connectivity index (χ2v) is 9.38. The van der Waals surface area contributed by atoms with E-state index >= 15 is 0 Å². The Morgan fingerprint density at radius 1 is 0.769 bits per heavy atom. The average Bonchev–Trinajstić information content (AvgIpc) is 2.93. The van der Waals surface area contributed by atoms with Gasteiger partial charge in [-0.1, -0.05) is 70.1 Å². The molecule has 3 rings (SSSR count). The number of benzene rings is 3. The van der Waals surface area contributed by atoms with Gasteiger partial charge < -0.3 is 9.47 Å². The first-order valence-corrected chi connectivity index (χ1v) is 13.2. The Morgan fingerprint density at radius 3 is 2.13 bits per heavy atom. The summed E-state index contributed by atoms with van der Waals surface area (Å²) in [7, 11) is 0. The summed E-state index contributed by atoms with van der Waals surface area (Å²) in [6, 6.07) is 8.68. The first kappa shape index (κ1) is 29.9. The number of hydrogen-bond acceptors (Lipinski definition) is 4. The monoisotopic (exact) mass is 544 g/mol. The Balaban J connectivity index is 1.63. The molecule has 3 aromatic carbocycles. The van der Waals surface area contributed by atoms with Gasteiger partial charge in [0.25, 0.3) is 0 Å². The summed E-state index contributed by atoms with van der Waals surface area (Å²) >= 11 is 0. The molecule has 0 radical (unpaired) electrons. The van der Waals surface area contributed by atoms with Crippen molar-refractivity contribution in [3.8, 4) is 22.6 Å². The first-order chi connectivity index (χ1) is 18.8. The topological polar surface area (TPSA) is 52.6 Å². The Bertz CT molecular complexity index is 1310. The van der Waals surface area contributed by atoms with E-state index < -0.39 is 34.8 Å². The molecule has 3 aromatic rings. The summed E-state index contributed by atoms with van der Waals surface area (Å²) in [5, 5.41) is 0. The second-order valence-electron chi connectivity index (χ2n) is 9.38. The number of aryl methyl sites for hydroxylation is 1. The number of hydrogen-bond donors (Lipinski definition) is 0. The molecule has 0 spiro atoms. The number of unbranched alkanes of at least 4 members (excludes halogenated alkanes) is 7. The number of esters is 1. The summed E-state index contributed by atoms with van der Waals surface area (Å²) in [5.74, 6) is -6.64. The van der Waals surface area contributed by atoms with Crippen LogP contribution in [-0.2, 0) is 0 Å². The van der Waals surface area contributed by atoms with Gasteiger partial charge in [-0.25, -0.2) is 18.0 Å². The smallest absolute Gasteiger partial charge is 0.346 e. The lowest BCUT2D eigenvalue weighted by Gasteiger charge is -2.12. The van der Waals surface area contributed by atoms with Gasteiger partial charge in [-0.2, -0.15) is 4.39 Å². The lowest BCUT2D eigenvalue weighted by molar-refractivity contribution is 0.0727. The predicted molar refractivity (Wildman–Crippen MR) is 141 cm³/mol. The van der Waals surface area contributed by atoms with Crippen molar-refractivity contribution in [3.05, 3.63) is 82.4 Å². The highest BCUT2D eigenvalue weighted by molar-refractivity contribution is 5.93. The molecule has 0 fully saturated rings. The zero-order valence-corrected chi connectivity index (χ0v) is 22.1. The quantitative estimate of drug-likeness (QED) is 0.0669. The van der Waals surface area contributed by atoms with Crippen LogP contribution in [0.5, 0.6) is 11.5 Å². The maximum absolute atomic E-state index is 14.7. The molecule has 0 N–H and O–H groups in total. The molecule has 4 nitrogen and oxygen atoms in total. The molecule has 208 valence electrons. The third-order valence-corrected chi connectivity index (χ3v) is 6.45. The number of carbonyl (C=O) groups is 2.